The monoisotopic (exact) mass is 363 g/mol. The van der Waals surface area contributed by atoms with Gasteiger partial charge < -0.3 is 10.1 Å². The number of nitrogens with one attached hydrogen (secondary N) is 1. The van der Waals surface area contributed by atoms with Gasteiger partial charge in [0.15, 0.2) is 0 Å². The third kappa shape index (κ3) is 6.46. The van der Waals surface area contributed by atoms with Crippen LogP contribution in [-0.2, 0) is 11.3 Å². The first kappa shape index (κ1) is 18.7. The number of hydrogen-bond donors (Lipinski definition) is 1. The standard InChI is InChI=1S/C19H22ClNO2S/c1-2-23-18-7-4-3-6-15(18)14-21-19(22)8-5-13-24-17-11-9-16(20)10-12-17/h3-4,6-7,9-12H,2,5,8,13-14H2,1H3,(H,21,22). The molecule has 0 saturated heterocycles. The average molecular weight is 364 g/mol. The topological polar surface area (TPSA) is 38.3 Å². The summed E-state index contributed by atoms with van der Waals surface area (Å²) in [6.07, 6.45) is 1.36. The highest BCUT2D eigenvalue weighted by Crippen LogP contribution is 2.21. The van der Waals surface area contributed by atoms with Gasteiger partial charge in [-0.3, -0.25) is 4.79 Å². The number of rotatable bonds is 9. The maximum Gasteiger partial charge on any atom is 0.220 e. The van der Waals surface area contributed by atoms with E-state index in [1.54, 1.807) is 11.8 Å². The molecule has 0 spiro atoms. The van der Waals surface area contributed by atoms with E-state index in [0.717, 1.165) is 28.5 Å². The second-order valence-electron chi connectivity index (χ2n) is 5.22. The van der Waals surface area contributed by atoms with Crippen LogP contribution in [0.1, 0.15) is 25.3 Å². The number of amides is 1. The largest absolute Gasteiger partial charge is 0.494 e. The molecule has 0 aliphatic heterocycles. The van der Waals surface area contributed by atoms with Crippen LogP contribution in [0.15, 0.2) is 53.4 Å². The van der Waals surface area contributed by atoms with Crippen LogP contribution in [-0.4, -0.2) is 18.3 Å². The second-order valence-corrected chi connectivity index (χ2v) is 6.83. The molecular formula is C19H22ClNO2S. The molecule has 0 radical (unpaired) electrons. The van der Waals surface area contributed by atoms with E-state index in [2.05, 4.69) is 5.32 Å². The number of halogens is 1. The van der Waals surface area contributed by atoms with Crippen molar-refractivity contribution in [3.63, 3.8) is 0 Å². The minimum absolute atomic E-state index is 0.0676. The Morgan fingerprint density at radius 2 is 1.92 bits per heavy atom. The highest BCUT2D eigenvalue weighted by molar-refractivity contribution is 7.99. The molecule has 2 aromatic rings. The fourth-order valence-corrected chi connectivity index (χ4v) is 3.16. The molecule has 1 N–H and O–H groups in total. The van der Waals surface area contributed by atoms with E-state index in [-0.39, 0.29) is 5.91 Å². The van der Waals surface area contributed by atoms with E-state index >= 15 is 0 Å². The third-order valence-electron chi connectivity index (χ3n) is 3.38. The van der Waals surface area contributed by atoms with Crippen LogP contribution in [0.25, 0.3) is 0 Å². The van der Waals surface area contributed by atoms with E-state index in [1.165, 1.54) is 4.90 Å². The molecule has 0 atom stereocenters. The lowest BCUT2D eigenvalue weighted by molar-refractivity contribution is -0.121. The molecule has 0 saturated carbocycles. The van der Waals surface area contributed by atoms with Gasteiger partial charge >= 0.3 is 0 Å². The molecule has 5 heteroatoms. The number of thioether (sulfide) groups is 1. The molecule has 0 bridgehead atoms. The van der Waals surface area contributed by atoms with Crippen LogP contribution in [0.3, 0.4) is 0 Å². The Morgan fingerprint density at radius 1 is 1.17 bits per heavy atom. The maximum atomic E-state index is 12.0. The minimum atomic E-state index is 0.0676. The molecule has 0 aliphatic rings. The van der Waals surface area contributed by atoms with Crippen molar-refractivity contribution in [1.29, 1.82) is 0 Å². The van der Waals surface area contributed by atoms with Crippen molar-refractivity contribution in [3.8, 4) is 5.75 Å². The molecule has 128 valence electrons. The number of ether oxygens (including phenoxy) is 1. The predicted molar refractivity (Wildman–Crippen MR) is 101 cm³/mol. The Balaban J connectivity index is 1.67. The number of carbonyl (C=O) groups is 1. The normalized spacial score (nSPS) is 10.4. The lowest BCUT2D eigenvalue weighted by Crippen LogP contribution is -2.22. The van der Waals surface area contributed by atoms with Gasteiger partial charge in [-0.15, -0.1) is 11.8 Å². The van der Waals surface area contributed by atoms with E-state index in [1.807, 2.05) is 55.5 Å². The van der Waals surface area contributed by atoms with Crippen molar-refractivity contribution in [2.45, 2.75) is 31.2 Å². The van der Waals surface area contributed by atoms with Crippen LogP contribution in [0.4, 0.5) is 0 Å². The van der Waals surface area contributed by atoms with Gasteiger partial charge in [-0.2, -0.15) is 0 Å². The van der Waals surface area contributed by atoms with Gasteiger partial charge in [0.25, 0.3) is 0 Å². The Bertz CT molecular complexity index is 646. The lowest BCUT2D eigenvalue weighted by atomic mass is 10.2. The van der Waals surface area contributed by atoms with Crippen molar-refractivity contribution in [3.05, 3.63) is 59.1 Å². The number of carbonyl (C=O) groups excluding carboxylic acids is 1. The van der Waals surface area contributed by atoms with E-state index in [9.17, 15) is 4.79 Å². The molecule has 3 nitrogen and oxygen atoms in total. The molecule has 2 aromatic carbocycles. The molecular weight excluding hydrogens is 342 g/mol. The Morgan fingerprint density at radius 3 is 2.67 bits per heavy atom. The zero-order chi connectivity index (χ0) is 17.2. The Hall–Kier alpha value is -1.65. The lowest BCUT2D eigenvalue weighted by Gasteiger charge is -2.11. The van der Waals surface area contributed by atoms with Crippen molar-refractivity contribution < 1.29 is 9.53 Å². The zero-order valence-corrected chi connectivity index (χ0v) is 15.3. The van der Waals surface area contributed by atoms with Crippen molar-refractivity contribution in [1.82, 2.24) is 5.32 Å². The van der Waals surface area contributed by atoms with Crippen molar-refractivity contribution in [2.24, 2.45) is 0 Å². The fourth-order valence-electron chi connectivity index (χ4n) is 2.18. The predicted octanol–water partition coefficient (Wildman–Crippen LogP) is 4.93. The molecule has 1 amide bonds. The number of para-hydroxylation sites is 1. The summed E-state index contributed by atoms with van der Waals surface area (Å²) in [5, 5.41) is 3.70. The van der Waals surface area contributed by atoms with E-state index in [4.69, 9.17) is 16.3 Å². The van der Waals surface area contributed by atoms with Crippen LogP contribution in [0, 0.1) is 0 Å². The Kier molecular flexibility index (Phi) is 7.99. The average Bonchev–Trinajstić information content (AvgIpc) is 2.60. The van der Waals surface area contributed by atoms with E-state index < -0.39 is 0 Å². The highest BCUT2D eigenvalue weighted by atomic mass is 35.5. The summed E-state index contributed by atoms with van der Waals surface area (Å²) in [7, 11) is 0. The summed E-state index contributed by atoms with van der Waals surface area (Å²) in [6, 6.07) is 15.5. The van der Waals surface area contributed by atoms with Gasteiger partial charge in [0.05, 0.1) is 6.61 Å². The first-order chi connectivity index (χ1) is 11.7. The van der Waals surface area contributed by atoms with Gasteiger partial charge in [-0.05, 0) is 49.4 Å². The molecule has 0 fully saturated rings. The minimum Gasteiger partial charge on any atom is -0.494 e. The third-order valence-corrected chi connectivity index (χ3v) is 4.73. The Labute approximate surface area is 152 Å². The summed E-state index contributed by atoms with van der Waals surface area (Å²) in [5.74, 6) is 1.81. The smallest absolute Gasteiger partial charge is 0.220 e. The van der Waals surface area contributed by atoms with Crippen LogP contribution in [0.5, 0.6) is 5.75 Å². The van der Waals surface area contributed by atoms with Crippen LogP contribution >= 0.6 is 23.4 Å². The first-order valence-electron chi connectivity index (χ1n) is 8.05. The van der Waals surface area contributed by atoms with E-state index in [0.29, 0.717) is 19.6 Å². The highest BCUT2D eigenvalue weighted by Gasteiger charge is 2.05. The summed E-state index contributed by atoms with van der Waals surface area (Å²) in [6.45, 7) is 3.07. The zero-order valence-electron chi connectivity index (χ0n) is 13.8. The molecule has 0 aromatic heterocycles. The van der Waals surface area contributed by atoms with Gasteiger partial charge in [-0.1, -0.05) is 29.8 Å². The quantitative estimate of drug-likeness (QED) is 0.507. The van der Waals surface area contributed by atoms with Gasteiger partial charge in [0.2, 0.25) is 5.91 Å². The summed E-state index contributed by atoms with van der Waals surface area (Å²) < 4.78 is 5.56. The molecule has 0 unspecified atom stereocenters. The summed E-state index contributed by atoms with van der Waals surface area (Å²) in [4.78, 5) is 13.1. The maximum absolute atomic E-state index is 12.0. The van der Waals surface area contributed by atoms with Crippen molar-refractivity contribution in [2.75, 3.05) is 12.4 Å². The molecule has 0 aliphatic carbocycles. The number of hydrogen-bond acceptors (Lipinski definition) is 3. The SMILES string of the molecule is CCOc1ccccc1CNC(=O)CCCSc1ccc(Cl)cc1. The van der Waals surface area contributed by atoms with Crippen LogP contribution in [0.2, 0.25) is 5.02 Å². The first-order valence-corrected chi connectivity index (χ1v) is 9.41. The fraction of sp³-hybridized carbons (Fsp3) is 0.316. The van der Waals surface area contributed by atoms with Crippen molar-refractivity contribution >= 4 is 29.3 Å². The van der Waals surface area contributed by atoms with Gasteiger partial charge in [0, 0.05) is 28.4 Å². The summed E-state index contributed by atoms with van der Waals surface area (Å²) >= 11 is 7.60. The summed E-state index contributed by atoms with van der Waals surface area (Å²) in [5.41, 5.74) is 1.00. The number of benzene rings is 2. The molecule has 2 rings (SSSR count). The van der Waals surface area contributed by atoms with Crippen LogP contribution < -0.4 is 10.1 Å². The molecule has 24 heavy (non-hydrogen) atoms. The second kappa shape index (κ2) is 10.3. The van der Waals surface area contributed by atoms with Gasteiger partial charge in [-0.25, -0.2) is 0 Å². The molecule has 0 heterocycles. The van der Waals surface area contributed by atoms with Gasteiger partial charge in [0.1, 0.15) is 5.75 Å².